The molecule has 22 heavy (non-hydrogen) atoms. The lowest BCUT2D eigenvalue weighted by molar-refractivity contribution is -0.137. The van der Waals surface area contributed by atoms with Crippen molar-refractivity contribution in [2.75, 3.05) is 6.26 Å². The van der Waals surface area contributed by atoms with Crippen LogP contribution in [0.25, 0.3) is 0 Å². The number of Topliss-reactive ketones (excluding diaryl/α,β-unsaturated/α-hetero) is 2. The molecule has 0 saturated carbocycles. The van der Waals surface area contributed by atoms with E-state index in [9.17, 15) is 22.8 Å². The number of rotatable bonds is 8. The highest BCUT2D eigenvalue weighted by Gasteiger charge is 2.17. The van der Waals surface area contributed by atoms with Crippen LogP contribution in [0.5, 0.6) is 0 Å². The number of sulfone groups is 1. The van der Waals surface area contributed by atoms with Crippen LogP contribution in [0, 0.1) is 0 Å². The summed E-state index contributed by atoms with van der Waals surface area (Å²) in [5.74, 6) is -1.90. The van der Waals surface area contributed by atoms with Gasteiger partial charge in [0, 0.05) is 24.7 Å². The van der Waals surface area contributed by atoms with Crippen molar-refractivity contribution in [1.29, 1.82) is 0 Å². The molecule has 6 nitrogen and oxygen atoms in total. The number of carboxylic acids is 1. The monoisotopic (exact) mass is 346 g/mol. The standard InChI is InChI=1S/C14H15ClO6S/c1-22(20,21)10-5-6-11(12(15)8-10)13(17)7-9(16)3-2-4-14(18)19/h5-6,8H,2-4,7H2,1H3,(H,18,19). The van der Waals surface area contributed by atoms with Crippen LogP contribution in [0.4, 0.5) is 0 Å². The second-order valence-corrected chi connectivity index (χ2v) is 7.22. The molecule has 0 radical (unpaired) electrons. The zero-order valence-electron chi connectivity index (χ0n) is 11.8. The third-order valence-corrected chi connectivity index (χ3v) is 4.30. The van der Waals surface area contributed by atoms with Gasteiger partial charge in [-0.15, -0.1) is 0 Å². The van der Waals surface area contributed by atoms with Gasteiger partial charge in [0.15, 0.2) is 15.6 Å². The first kappa shape index (κ1) is 18.3. The molecule has 0 amide bonds. The second kappa shape index (κ2) is 7.51. The van der Waals surface area contributed by atoms with E-state index in [2.05, 4.69) is 0 Å². The van der Waals surface area contributed by atoms with Crippen molar-refractivity contribution in [3.05, 3.63) is 28.8 Å². The Bertz CT molecular complexity index is 708. The van der Waals surface area contributed by atoms with E-state index >= 15 is 0 Å². The van der Waals surface area contributed by atoms with Crippen LogP contribution in [0.1, 0.15) is 36.0 Å². The van der Waals surface area contributed by atoms with Crippen LogP contribution in [-0.2, 0) is 19.4 Å². The molecule has 0 heterocycles. The zero-order valence-corrected chi connectivity index (χ0v) is 13.4. The molecule has 0 atom stereocenters. The lowest BCUT2D eigenvalue weighted by atomic mass is 10.0. The number of ketones is 2. The molecule has 0 aliphatic carbocycles. The Morgan fingerprint density at radius 1 is 1.18 bits per heavy atom. The van der Waals surface area contributed by atoms with Gasteiger partial charge in [-0.05, 0) is 24.6 Å². The van der Waals surface area contributed by atoms with E-state index in [4.69, 9.17) is 16.7 Å². The molecule has 8 heteroatoms. The third kappa shape index (κ3) is 5.57. The molecule has 0 aliphatic heterocycles. The van der Waals surface area contributed by atoms with Gasteiger partial charge in [-0.3, -0.25) is 14.4 Å². The molecule has 0 aliphatic rings. The fourth-order valence-electron chi connectivity index (χ4n) is 1.75. The van der Waals surface area contributed by atoms with Gasteiger partial charge in [0.1, 0.15) is 5.78 Å². The molecule has 0 spiro atoms. The molecule has 0 saturated heterocycles. The van der Waals surface area contributed by atoms with Crippen LogP contribution in [0.3, 0.4) is 0 Å². The predicted molar refractivity (Wildman–Crippen MR) is 80.0 cm³/mol. The highest BCUT2D eigenvalue weighted by Crippen LogP contribution is 2.22. The van der Waals surface area contributed by atoms with Crippen LogP contribution in [0.15, 0.2) is 23.1 Å². The van der Waals surface area contributed by atoms with Crippen molar-refractivity contribution in [3.8, 4) is 0 Å². The van der Waals surface area contributed by atoms with E-state index in [1.54, 1.807) is 0 Å². The average molecular weight is 347 g/mol. The minimum absolute atomic E-state index is 0.00289. The fourth-order valence-corrected chi connectivity index (χ4v) is 2.75. The fraction of sp³-hybridized carbons (Fsp3) is 0.357. The Morgan fingerprint density at radius 3 is 2.32 bits per heavy atom. The van der Waals surface area contributed by atoms with Crippen molar-refractivity contribution in [1.82, 2.24) is 0 Å². The molecule has 0 unspecified atom stereocenters. The summed E-state index contributed by atoms with van der Waals surface area (Å²) in [6.45, 7) is 0. The zero-order chi connectivity index (χ0) is 16.9. The van der Waals surface area contributed by atoms with Crippen LogP contribution in [-0.4, -0.2) is 37.3 Å². The quantitative estimate of drug-likeness (QED) is 0.571. The van der Waals surface area contributed by atoms with E-state index in [0.717, 1.165) is 6.26 Å². The Morgan fingerprint density at radius 2 is 1.82 bits per heavy atom. The summed E-state index contributed by atoms with van der Waals surface area (Å²) in [5.41, 5.74) is 0.0700. The second-order valence-electron chi connectivity index (χ2n) is 4.80. The van der Waals surface area contributed by atoms with Crippen molar-refractivity contribution in [2.45, 2.75) is 30.6 Å². The van der Waals surface area contributed by atoms with Crippen LogP contribution >= 0.6 is 11.6 Å². The molecule has 0 fully saturated rings. The number of carbonyl (C=O) groups excluding carboxylic acids is 2. The minimum Gasteiger partial charge on any atom is -0.481 e. The smallest absolute Gasteiger partial charge is 0.303 e. The molecule has 1 aromatic carbocycles. The van der Waals surface area contributed by atoms with Gasteiger partial charge in [-0.1, -0.05) is 11.6 Å². The normalized spacial score (nSPS) is 11.2. The minimum atomic E-state index is -3.43. The number of halogens is 1. The van der Waals surface area contributed by atoms with E-state index in [-0.39, 0.29) is 40.5 Å². The lowest BCUT2D eigenvalue weighted by Gasteiger charge is -2.05. The maximum atomic E-state index is 12.0. The van der Waals surface area contributed by atoms with E-state index < -0.39 is 28.0 Å². The molecular weight excluding hydrogens is 332 g/mol. The number of carbonyl (C=O) groups is 3. The van der Waals surface area contributed by atoms with E-state index in [1.807, 2.05) is 0 Å². The highest BCUT2D eigenvalue weighted by atomic mass is 35.5. The van der Waals surface area contributed by atoms with Crippen molar-refractivity contribution >= 4 is 39.0 Å². The summed E-state index contributed by atoms with van der Waals surface area (Å²) in [5, 5.41) is 8.43. The predicted octanol–water partition coefficient (Wildman–Crippen LogP) is 2.14. The third-order valence-electron chi connectivity index (χ3n) is 2.87. The van der Waals surface area contributed by atoms with Gasteiger partial charge in [0.2, 0.25) is 0 Å². The van der Waals surface area contributed by atoms with Gasteiger partial charge in [-0.2, -0.15) is 0 Å². The van der Waals surface area contributed by atoms with Gasteiger partial charge in [0.05, 0.1) is 16.3 Å². The first-order valence-corrected chi connectivity index (χ1v) is 8.64. The number of aliphatic carboxylic acids is 1. The molecule has 1 N–H and O–H groups in total. The van der Waals surface area contributed by atoms with Crippen LogP contribution < -0.4 is 0 Å². The van der Waals surface area contributed by atoms with Gasteiger partial charge >= 0.3 is 5.97 Å². The summed E-state index contributed by atoms with van der Waals surface area (Å²) >= 11 is 5.89. The summed E-state index contributed by atoms with van der Waals surface area (Å²) in [6.07, 6.45) is 0.659. The Labute approximate surface area is 133 Å². The molecule has 120 valence electrons. The average Bonchev–Trinajstić information content (AvgIpc) is 2.36. The maximum Gasteiger partial charge on any atom is 0.303 e. The summed E-state index contributed by atoms with van der Waals surface area (Å²) in [6, 6.07) is 3.69. The largest absolute Gasteiger partial charge is 0.481 e. The SMILES string of the molecule is CS(=O)(=O)c1ccc(C(=O)CC(=O)CCCC(=O)O)c(Cl)c1. The summed E-state index contributed by atoms with van der Waals surface area (Å²) in [7, 11) is -3.43. The van der Waals surface area contributed by atoms with Crippen LogP contribution in [0.2, 0.25) is 5.02 Å². The molecular formula is C14H15ClO6S. The van der Waals surface area contributed by atoms with E-state index in [0.29, 0.717) is 0 Å². The summed E-state index contributed by atoms with van der Waals surface area (Å²) < 4.78 is 22.7. The number of benzene rings is 1. The molecule has 0 aromatic heterocycles. The Balaban J connectivity index is 2.74. The highest BCUT2D eigenvalue weighted by molar-refractivity contribution is 7.90. The van der Waals surface area contributed by atoms with E-state index in [1.165, 1.54) is 18.2 Å². The molecule has 1 rings (SSSR count). The number of hydrogen-bond acceptors (Lipinski definition) is 5. The Hall–Kier alpha value is -1.73. The van der Waals surface area contributed by atoms with Gasteiger partial charge < -0.3 is 5.11 Å². The number of hydrogen-bond donors (Lipinski definition) is 1. The molecule has 0 bridgehead atoms. The maximum absolute atomic E-state index is 12.0. The van der Waals surface area contributed by atoms with Crippen molar-refractivity contribution < 1.29 is 27.9 Å². The first-order chi connectivity index (χ1) is 10.1. The summed E-state index contributed by atoms with van der Waals surface area (Å²) in [4.78, 5) is 33.9. The topological polar surface area (TPSA) is 106 Å². The lowest BCUT2D eigenvalue weighted by Crippen LogP contribution is -2.10. The van der Waals surface area contributed by atoms with Gasteiger partial charge in [0.25, 0.3) is 0 Å². The first-order valence-electron chi connectivity index (χ1n) is 6.37. The number of carboxylic acid groups (broad SMARTS) is 1. The van der Waals surface area contributed by atoms with Crippen molar-refractivity contribution in [3.63, 3.8) is 0 Å². The molecule has 1 aromatic rings. The Kier molecular flexibility index (Phi) is 6.25. The van der Waals surface area contributed by atoms with Gasteiger partial charge in [-0.25, -0.2) is 8.42 Å². The van der Waals surface area contributed by atoms with Crippen molar-refractivity contribution in [2.24, 2.45) is 0 Å².